The molecule has 1 aromatic carbocycles. The van der Waals surface area contributed by atoms with Crippen molar-refractivity contribution >= 4 is 5.69 Å². The standard InChI is InChI=1S/C16H24N2O/c1-4-14(12-19)18(11-10-16(2,3)13-17)15-8-6-5-7-9-15/h5-9,14,19H,4,10-12H2,1-3H3. The first-order valence-electron chi connectivity index (χ1n) is 6.88. The molecule has 0 aromatic heterocycles. The molecular weight excluding hydrogens is 236 g/mol. The molecular formula is C16H24N2O. The Balaban J connectivity index is 2.85. The monoisotopic (exact) mass is 260 g/mol. The van der Waals surface area contributed by atoms with E-state index in [0.29, 0.717) is 0 Å². The Morgan fingerprint density at radius 1 is 1.32 bits per heavy atom. The summed E-state index contributed by atoms with van der Waals surface area (Å²) in [5.41, 5.74) is 0.776. The fourth-order valence-electron chi connectivity index (χ4n) is 2.05. The topological polar surface area (TPSA) is 47.3 Å². The van der Waals surface area contributed by atoms with Crippen molar-refractivity contribution in [1.29, 1.82) is 5.26 Å². The summed E-state index contributed by atoms with van der Waals surface area (Å²) in [5, 5.41) is 18.7. The van der Waals surface area contributed by atoms with Crippen LogP contribution in [0.3, 0.4) is 0 Å². The van der Waals surface area contributed by atoms with Gasteiger partial charge in [0.25, 0.3) is 0 Å². The second-order valence-corrected chi connectivity index (χ2v) is 5.52. The number of aliphatic hydroxyl groups excluding tert-OH is 1. The lowest BCUT2D eigenvalue weighted by molar-refractivity contribution is 0.253. The summed E-state index contributed by atoms with van der Waals surface area (Å²) in [6.07, 6.45) is 1.67. The molecule has 0 heterocycles. The lowest BCUT2D eigenvalue weighted by Crippen LogP contribution is -2.39. The number of nitriles is 1. The Kier molecular flexibility index (Phi) is 5.85. The van der Waals surface area contributed by atoms with E-state index in [1.807, 2.05) is 32.0 Å². The summed E-state index contributed by atoms with van der Waals surface area (Å²) < 4.78 is 0. The molecule has 0 spiro atoms. The summed E-state index contributed by atoms with van der Waals surface area (Å²) in [6.45, 7) is 6.90. The number of nitrogens with zero attached hydrogens (tertiary/aromatic N) is 2. The van der Waals surface area contributed by atoms with E-state index in [4.69, 9.17) is 5.26 Å². The average molecular weight is 260 g/mol. The molecule has 1 N–H and O–H groups in total. The van der Waals surface area contributed by atoms with Gasteiger partial charge in [-0.15, -0.1) is 0 Å². The van der Waals surface area contributed by atoms with Crippen molar-refractivity contribution in [2.24, 2.45) is 5.41 Å². The number of anilines is 1. The van der Waals surface area contributed by atoms with Gasteiger partial charge in [0.2, 0.25) is 0 Å². The van der Waals surface area contributed by atoms with E-state index in [1.165, 1.54) is 0 Å². The van der Waals surface area contributed by atoms with Gasteiger partial charge in [-0.25, -0.2) is 0 Å². The van der Waals surface area contributed by atoms with Crippen LogP contribution in [-0.2, 0) is 0 Å². The Labute approximate surface area is 116 Å². The molecule has 0 bridgehead atoms. The lowest BCUT2D eigenvalue weighted by Gasteiger charge is -2.33. The van der Waals surface area contributed by atoms with Crippen molar-refractivity contribution in [2.45, 2.75) is 39.7 Å². The molecule has 0 radical (unpaired) electrons. The minimum atomic E-state index is -0.333. The largest absolute Gasteiger partial charge is 0.394 e. The minimum Gasteiger partial charge on any atom is -0.394 e. The summed E-state index contributed by atoms with van der Waals surface area (Å²) in [5.74, 6) is 0. The maximum Gasteiger partial charge on any atom is 0.0684 e. The molecule has 0 amide bonds. The van der Waals surface area contributed by atoms with E-state index in [1.54, 1.807) is 0 Å². The quantitative estimate of drug-likeness (QED) is 0.819. The highest BCUT2D eigenvalue weighted by atomic mass is 16.3. The summed E-state index contributed by atoms with van der Waals surface area (Å²) in [6, 6.07) is 12.5. The van der Waals surface area contributed by atoms with Crippen LogP contribution in [0.1, 0.15) is 33.6 Å². The first-order valence-corrected chi connectivity index (χ1v) is 6.88. The van der Waals surface area contributed by atoms with E-state index in [2.05, 4.69) is 30.0 Å². The van der Waals surface area contributed by atoms with Gasteiger partial charge < -0.3 is 10.0 Å². The predicted octanol–water partition coefficient (Wildman–Crippen LogP) is 3.20. The van der Waals surface area contributed by atoms with Gasteiger partial charge in [-0.3, -0.25) is 0 Å². The van der Waals surface area contributed by atoms with Gasteiger partial charge in [0.1, 0.15) is 0 Å². The van der Waals surface area contributed by atoms with E-state index < -0.39 is 0 Å². The minimum absolute atomic E-state index is 0.108. The number of hydrogen-bond donors (Lipinski definition) is 1. The molecule has 3 nitrogen and oxygen atoms in total. The van der Waals surface area contributed by atoms with Gasteiger partial charge in [-0.2, -0.15) is 5.26 Å². The Morgan fingerprint density at radius 2 is 1.95 bits per heavy atom. The molecule has 0 aliphatic rings. The van der Waals surface area contributed by atoms with Gasteiger partial charge in [-0.05, 0) is 38.8 Å². The first-order chi connectivity index (χ1) is 9.04. The van der Waals surface area contributed by atoms with Crippen LogP contribution in [0, 0.1) is 16.7 Å². The molecule has 104 valence electrons. The van der Waals surface area contributed by atoms with Crippen LogP contribution >= 0.6 is 0 Å². The number of rotatable bonds is 7. The summed E-state index contributed by atoms with van der Waals surface area (Å²) >= 11 is 0. The molecule has 0 saturated carbocycles. The van der Waals surface area contributed by atoms with E-state index in [0.717, 1.165) is 25.1 Å². The molecule has 1 rings (SSSR count). The third-order valence-corrected chi connectivity index (χ3v) is 3.49. The fraction of sp³-hybridized carbons (Fsp3) is 0.562. The third kappa shape index (κ3) is 4.57. The van der Waals surface area contributed by atoms with Crippen LogP contribution in [0.4, 0.5) is 5.69 Å². The lowest BCUT2D eigenvalue weighted by atomic mass is 9.91. The number of hydrogen-bond acceptors (Lipinski definition) is 3. The first kappa shape index (κ1) is 15.5. The maximum absolute atomic E-state index is 9.54. The van der Waals surface area contributed by atoms with Gasteiger partial charge in [0.05, 0.1) is 24.1 Å². The maximum atomic E-state index is 9.54. The van der Waals surface area contributed by atoms with Crippen molar-refractivity contribution in [3.63, 3.8) is 0 Å². The van der Waals surface area contributed by atoms with Crippen molar-refractivity contribution in [3.8, 4) is 6.07 Å². The highest BCUT2D eigenvalue weighted by Crippen LogP contribution is 2.24. The Hall–Kier alpha value is -1.53. The molecule has 0 fully saturated rings. The van der Waals surface area contributed by atoms with Gasteiger partial charge in [0.15, 0.2) is 0 Å². The molecule has 3 heteroatoms. The van der Waals surface area contributed by atoms with Gasteiger partial charge in [0, 0.05) is 12.2 Å². The fourth-order valence-corrected chi connectivity index (χ4v) is 2.05. The van der Waals surface area contributed by atoms with Crippen molar-refractivity contribution < 1.29 is 5.11 Å². The molecule has 0 aliphatic carbocycles. The smallest absolute Gasteiger partial charge is 0.0684 e. The molecule has 1 aromatic rings. The highest BCUT2D eigenvalue weighted by molar-refractivity contribution is 5.47. The van der Waals surface area contributed by atoms with Crippen LogP contribution in [0.15, 0.2) is 30.3 Å². The summed E-state index contributed by atoms with van der Waals surface area (Å²) in [7, 11) is 0. The highest BCUT2D eigenvalue weighted by Gasteiger charge is 2.22. The zero-order valence-electron chi connectivity index (χ0n) is 12.1. The molecule has 0 aliphatic heterocycles. The van der Waals surface area contributed by atoms with Gasteiger partial charge in [-0.1, -0.05) is 25.1 Å². The van der Waals surface area contributed by atoms with Crippen LogP contribution in [-0.4, -0.2) is 24.3 Å². The molecule has 19 heavy (non-hydrogen) atoms. The number of aliphatic hydroxyl groups is 1. The van der Waals surface area contributed by atoms with E-state index in [-0.39, 0.29) is 18.1 Å². The van der Waals surface area contributed by atoms with Gasteiger partial charge >= 0.3 is 0 Å². The normalized spacial score (nSPS) is 12.8. The van der Waals surface area contributed by atoms with Crippen LogP contribution in [0.2, 0.25) is 0 Å². The second-order valence-electron chi connectivity index (χ2n) is 5.52. The SMILES string of the molecule is CCC(CO)N(CCC(C)(C)C#N)c1ccccc1. The third-order valence-electron chi connectivity index (χ3n) is 3.49. The van der Waals surface area contributed by atoms with E-state index in [9.17, 15) is 5.11 Å². The van der Waals surface area contributed by atoms with Crippen LogP contribution in [0.5, 0.6) is 0 Å². The zero-order valence-corrected chi connectivity index (χ0v) is 12.1. The number of para-hydroxylation sites is 1. The van der Waals surface area contributed by atoms with Crippen LogP contribution in [0.25, 0.3) is 0 Å². The zero-order chi connectivity index (χ0) is 14.3. The molecule has 1 unspecified atom stereocenters. The second kappa shape index (κ2) is 7.16. The van der Waals surface area contributed by atoms with Crippen molar-refractivity contribution in [2.75, 3.05) is 18.1 Å². The Morgan fingerprint density at radius 3 is 2.42 bits per heavy atom. The molecule has 1 atom stereocenters. The predicted molar refractivity (Wildman–Crippen MR) is 79.0 cm³/mol. The van der Waals surface area contributed by atoms with Crippen LogP contribution < -0.4 is 4.90 Å². The van der Waals surface area contributed by atoms with Crippen molar-refractivity contribution in [1.82, 2.24) is 0 Å². The average Bonchev–Trinajstić information content (AvgIpc) is 2.44. The molecule has 0 saturated heterocycles. The number of benzene rings is 1. The van der Waals surface area contributed by atoms with Crippen molar-refractivity contribution in [3.05, 3.63) is 30.3 Å². The summed E-state index contributed by atoms with van der Waals surface area (Å²) in [4.78, 5) is 2.21. The van der Waals surface area contributed by atoms with E-state index >= 15 is 0 Å². The Bertz CT molecular complexity index is 405.